The van der Waals surface area contributed by atoms with E-state index in [0.29, 0.717) is 11.7 Å². The van der Waals surface area contributed by atoms with Crippen molar-refractivity contribution < 1.29 is 14.7 Å². The molecule has 2 fully saturated rings. The monoisotopic (exact) mass is 257 g/mol. The van der Waals surface area contributed by atoms with Crippen LogP contribution in [-0.4, -0.2) is 39.1 Å². The zero-order chi connectivity index (χ0) is 12.6. The van der Waals surface area contributed by atoms with Gasteiger partial charge in [0.1, 0.15) is 6.04 Å². The van der Waals surface area contributed by atoms with Crippen LogP contribution in [0.3, 0.4) is 0 Å². The Labute approximate surface area is 106 Å². The number of carboxylic acid groups (broad SMARTS) is 1. The van der Waals surface area contributed by atoms with Gasteiger partial charge in [0.25, 0.3) is 0 Å². The first-order chi connectivity index (χ1) is 8.00. The normalized spacial score (nSPS) is 28.8. The van der Waals surface area contributed by atoms with E-state index in [1.54, 1.807) is 16.7 Å². The smallest absolute Gasteiger partial charge is 0.327 e. The zero-order valence-electron chi connectivity index (χ0n) is 10.3. The molecule has 2 atom stereocenters. The minimum atomic E-state index is -0.863. The second-order valence-corrected chi connectivity index (χ2v) is 6.50. The van der Waals surface area contributed by atoms with Crippen LogP contribution in [0.5, 0.6) is 0 Å². The van der Waals surface area contributed by atoms with E-state index in [2.05, 4.69) is 13.8 Å². The molecule has 5 heteroatoms. The largest absolute Gasteiger partial charge is 0.480 e. The Hall–Kier alpha value is -0.710. The van der Waals surface area contributed by atoms with Gasteiger partial charge < -0.3 is 10.0 Å². The summed E-state index contributed by atoms with van der Waals surface area (Å²) in [7, 11) is 0. The standard InChI is InChI=1S/C12H19NO3S/c1-7(2)5-10-13(11(14)8-3-4-8)9(6-17-10)12(15)16/h7-10H,3-6H2,1-2H3,(H,15,16). The predicted octanol–water partition coefficient (Wildman–Crippen LogP) is 1.80. The third-order valence-corrected chi connectivity index (χ3v) is 4.54. The summed E-state index contributed by atoms with van der Waals surface area (Å²) >= 11 is 1.61. The maximum absolute atomic E-state index is 12.2. The second kappa shape index (κ2) is 4.88. The molecule has 1 amide bonds. The van der Waals surface area contributed by atoms with Crippen LogP contribution < -0.4 is 0 Å². The summed E-state index contributed by atoms with van der Waals surface area (Å²) in [5.41, 5.74) is 0. The van der Waals surface area contributed by atoms with E-state index >= 15 is 0 Å². The lowest BCUT2D eigenvalue weighted by atomic mass is 10.1. The van der Waals surface area contributed by atoms with E-state index in [0.717, 1.165) is 19.3 Å². The molecule has 1 aliphatic heterocycles. The third-order valence-electron chi connectivity index (χ3n) is 3.23. The molecule has 0 aromatic rings. The van der Waals surface area contributed by atoms with Gasteiger partial charge in [0, 0.05) is 11.7 Å². The lowest BCUT2D eigenvalue weighted by Crippen LogP contribution is -2.46. The molecule has 4 nitrogen and oxygen atoms in total. The van der Waals surface area contributed by atoms with Crippen molar-refractivity contribution in [1.82, 2.24) is 4.90 Å². The summed E-state index contributed by atoms with van der Waals surface area (Å²) in [6.07, 6.45) is 2.74. The summed E-state index contributed by atoms with van der Waals surface area (Å²) < 4.78 is 0. The topological polar surface area (TPSA) is 57.6 Å². The number of hydrogen-bond donors (Lipinski definition) is 1. The van der Waals surface area contributed by atoms with Gasteiger partial charge in [0.2, 0.25) is 5.91 Å². The van der Waals surface area contributed by atoms with E-state index in [1.807, 2.05) is 0 Å². The molecular weight excluding hydrogens is 238 g/mol. The molecule has 0 aromatic carbocycles. The van der Waals surface area contributed by atoms with Crippen LogP contribution in [0.15, 0.2) is 0 Å². The van der Waals surface area contributed by atoms with Crippen LogP contribution in [0, 0.1) is 11.8 Å². The Morgan fingerprint density at radius 1 is 1.41 bits per heavy atom. The van der Waals surface area contributed by atoms with Crippen LogP contribution in [0.1, 0.15) is 33.1 Å². The fraction of sp³-hybridized carbons (Fsp3) is 0.833. The van der Waals surface area contributed by atoms with Gasteiger partial charge >= 0.3 is 5.97 Å². The number of carboxylic acids is 1. The number of thioether (sulfide) groups is 1. The molecule has 1 heterocycles. The van der Waals surface area contributed by atoms with Crippen molar-refractivity contribution >= 4 is 23.6 Å². The van der Waals surface area contributed by atoms with Crippen LogP contribution >= 0.6 is 11.8 Å². The van der Waals surface area contributed by atoms with Gasteiger partial charge in [-0.1, -0.05) is 13.8 Å². The summed E-state index contributed by atoms with van der Waals surface area (Å²) in [5, 5.41) is 9.24. The Balaban J connectivity index is 2.11. The number of rotatable bonds is 4. The molecule has 2 unspecified atom stereocenters. The number of carbonyl (C=O) groups is 2. The predicted molar refractivity (Wildman–Crippen MR) is 66.7 cm³/mol. The van der Waals surface area contributed by atoms with Gasteiger partial charge in [0.05, 0.1) is 5.37 Å². The molecule has 1 saturated carbocycles. The van der Waals surface area contributed by atoms with Gasteiger partial charge in [-0.3, -0.25) is 4.79 Å². The number of aliphatic carboxylic acids is 1. The molecule has 0 radical (unpaired) electrons. The van der Waals surface area contributed by atoms with Crippen molar-refractivity contribution in [2.45, 2.75) is 44.5 Å². The highest BCUT2D eigenvalue weighted by Gasteiger charge is 2.46. The van der Waals surface area contributed by atoms with Gasteiger partial charge in [-0.05, 0) is 25.2 Å². The summed E-state index contributed by atoms with van der Waals surface area (Å²) in [6, 6.07) is -0.614. The highest BCUT2D eigenvalue weighted by Crippen LogP contribution is 2.39. The van der Waals surface area contributed by atoms with Crippen molar-refractivity contribution in [3.63, 3.8) is 0 Å². The van der Waals surface area contributed by atoms with Crippen molar-refractivity contribution in [2.75, 3.05) is 5.75 Å². The summed E-state index contributed by atoms with van der Waals surface area (Å²) in [4.78, 5) is 25.0. The fourth-order valence-electron chi connectivity index (χ4n) is 2.18. The molecule has 0 aromatic heterocycles. The minimum Gasteiger partial charge on any atom is -0.480 e. The van der Waals surface area contributed by atoms with E-state index in [-0.39, 0.29) is 17.2 Å². The number of carbonyl (C=O) groups excluding carboxylic acids is 1. The Kier molecular flexibility index (Phi) is 3.66. The molecule has 1 N–H and O–H groups in total. The van der Waals surface area contributed by atoms with Gasteiger partial charge in [-0.2, -0.15) is 0 Å². The highest BCUT2D eigenvalue weighted by atomic mass is 32.2. The van der Waals surface area contributed by atoms with Crippen LogP contribution in [0.4, 0.5) is 0 Å². The van der Waals surface area contributed by atoms with E-state index in [4.69, 9.17) is 0 Å². The molecular formula is C12H19NO3S. The maximum Gasteiger partial charge on any atom is 0.327 e. The fourth-order valence-corrected chi connectivity index (χ4v) is 3.82. The molecule has 96 valence electrons. The SMILES string of the molecule is CC(C)CC1SCC(C(=O)O)N1C(=O)C1CC1. The number of hydrogen-bond acceptors (Lipinski definition) is 3. The van der Waals surface area contributed by atoms with Crippen molar-refractivity contribution in [2.24, 2.45) is 11.8 Å². The van der Waals surface area contributed by atoms with Gasteiger partial charge in [-0.15, -0.1) is 11.8 Å². The first-order valence-corrected chi connectivity index (χ1v) is 7.22. The molecule has 17 heavy (non-hydrogen) atoms. The van der Waals surface area contributed by atoms with Crippen LogP contribution in [0.2, 0.25) is 0 Å². The third kappa shape index (κ3) is 2.76. The first-order valence-electron chi connectivity index (χ1n) is 6.17. The van der Waals surface area contributed by atoms with Crippen molar-refractivity contribution in [1.29, 1.82) is 0 Å². The zero-order valence-corrected chi connectivity index (χ0v) is 11.1. The van der Waals surface area contributed by atoms with E-state index < -0.39 is 12.0 Å². The maximum atomic E-state index is 12.2. The van der Waals surface area contributed by atoms with Crippen molar-refractivity contribution in [3.05, 3.63) is 0 Å². The average Bonchev–Trinajstić information content (AvgIpc) is 2.98. The minimum absolute atomic E-state index is 0.0594. The highest BCUT2D eigenvalue weighted by molar-refractivity contribution is 8.00. The van der Waals surface area contributed by atoms with Gasteiger partial charge in [-0.25, -0.2) is 4.79 Å². The average molecular weight is 257 g/mol. The summed E-state index contributed by atoms with van der Waals surface area (Å²) in [5.74, 6) is 0.316. The molecule has 1 aliphatic carbocycles. The lowest BCUT2D eigenvalue weighted by Gasteiger charge is -2.28. The Bertz CT molecular complexity index is 328. The number of nitrogens with zero attached hydrogens (tertiary/aromatic N) is 1. The van der Waals surface area contributed by atoms with E-state index in [9.17, 15) is 14.7 Å². The van der Waals surface area contributed by atoms with E-state index in [1.165, 1.54) is 0 Å². The second-order valence-electron chi connectivity index (χ2n) is 5.29. The summed E-state index contributed by atoms with van der Waals surface area (Å²) in [6.45, 7) is 4.21. The van der Waals surface area contributed by atoms with Crippen LogP contribution in [0.25, 0.3) is 0 Å². The first kappa shape index (κ1) is 12.7. The Morgan fingerprint density at radius 2 is 2.06 bits per heavy atom. The molecule has 2 aliphatic rings. The van der Waals surface area contributed by atoms with Crippen molar-refractivity contribution in [3.8, 4) is 0 Å². The lowest BCUT2D eigenvalue weighted by molar-refractivity contribution is -0.149. The molecule has 0 spiro atoms. The molecule has 0 bridgehead atoms. The van der Waals surface area contributed by atoms with Gasteiger partial charge in [0.15, 0.2) is 0 Å². The number of amides is 1. The molecule has 2 rings (SSSR count). The van der Waals surface area contributed by atoms with Crippen LogP contribution in [-0.2, 0) is 9.59 Å². The quantitative estimate of drug-likeness (QED) is 0.834. The Morgan fingerprint density at radius 3 is 2.53 bits per heavy atom. The molecule has 1 saturated heterocycles.